The van der Waals surface area contributed by atoms with Crippen LogP contribution in [0.15, 0.2) is 53.5 Å². The number of rotatable bonds is 4. The fraction of sp³-hybridized carbons (Fsp3) is 0.125. The molecule has 2 aromatic heterocycles. The van der Waals surface area contributed by atoms with E-state index in [2.05, 4.69) is 9.97 Å². The van der Waals surface area contributed by atoms with Gasteiger partial charge in [0, 0.05) is 31.2 Å². The highest BCUT2D eigenvalue weighted by molar-refractivity contribution is 7.86. The van der Waals surface area contributed by atoms with Gasteiger partial charge in [-0.25, -0.2) is 10.1 Å². The molecule has 3 aromatic rings. The molecule has 1 aromatic carbocycles. The molecule has 0 fully saturated rings. The molecule has 9 heteroatoms. The number of nitrogens with zero attached hydrogens (tertiary/aromatic N) is 2. The minimum absolute atomic E-state index is 0. The summed E-state index contributed by atoms with van der Waals surface area (Å²) < 4.78 is 23.6. The van der Waals surface area contributed by atoms with Gasteiger partial charge >= 0.3 is 0 Å². The Bertz CT molecular complexity index is 1050. The van der Waals surface area contributed by atoms with Gasteiger partial charge in [-0.1, -0.05) is 24.3 Å². The zero-order valence-electron chi connectivity index (χ0n) is 13.3. The van der Waals surface area contributed by atoms with E-state index in [4.69, 9.17) is 5.14 Å². The standard InChI is InChI=1S/C16H16N4O3S.ClH/c1-20(24(17,22)23)10-11-2-4-12(5-3-11)13-8-9-18-16-14(13)6-7-15(21)19-16;/h2-9H,10H2,1H3,(H2,17,22,23)(H,18,19,21);1H. The van der Waals surface area contributed by atoms with Crippen molar-refractivity contribution >= 4 is 33.6 Å². The Labute approximate surface area is 151 Å². The predicted molar refractivity (Wildman–Crippen MR) is 99.6 cm³/mol. The zero-order chi connectivity index (χ0) is 17.3. The van der Waals surface area contributed by atoms with Crippen LogP contribution in [-0.4, -0.2) is 29.7 Å². The van der Waals surface area contributed by atoms with Crippen molar-refractivity contribution in [2.45, 2.75) is 6.54 Å². The van der Waals surface area contributed by atoms with Crippen LogP contribution >= 0.6 is 12.4 Å². The van der Waals surface area contributed by atoms with Gasteiger partial charge < -0.3 is 4.98 Å². The summed E-state index contributed by atoms with van der Waals surface area (Å²) in [6.07, 6.45) is 1.64. The van der Waals surface area contributed by atoms with Crippen molar-refractivity contribution in [3.63, 3.8) is 0 Å². The Morgan fingerprint density at radius 2 is 1.80 bits per heavy atom. The number of hydrogen-bond donors (Lipinski definition) is 2. The van der Waals surface area contributed by atoms with Crippen LogP contribution in [-0.2, 0) is 16.8 Å². The Kier molecular flexibility index (Phi) is 5.58. The fourth-order valence-electron chi connectivity index (χ4n) is 2.45. The number of nitrogens with two attached hydrogens (primary N) is 1. The van der Waals surface area contributed by atoms with Gasteiger partial charge in [0.15, 0.2) is 0 Å². The minimum atomic E-state index is -3.70. The maximum atomic E-state index is 11.4. The van der Waals surface area contributed by atoms with Crippen LogP contribution in [0.25, 0.3) is 22.2 Å². The van der Waals surface area contributed by atoms with Crippen LogP contribution in [0.2, 0.25) is 0 Å². The van der Waals surface area contributed by atoms with E-state index in [1.54, 1.807) is 12.3 Å². The van der Waals surface area contributed by atoms with Crippen molar-refractivity contribution in [1.82, 2.24) is 14.3 Å². The van der Waals surface area contributed by atoms with Crippen LogP contribution in [0.4, 0.5) is 0 Å². The quantitative estimate of drug-likeness (QED) is 0.717. The van der Waals surface area contributed by atoms with Crippen molar-refractivity contribution in [2.24, 2.45) is 5.14 Å². The molecule has 7 nitrogen and oxygen atoms in total. The Hall–Kier alpha value is -2.26. The lowest BCUT2D eigenvalue weighted by molar-refractivity contribution is 0.468. The second-order valence-electron chi connectivity index (χ2n) is 5.44. The summed E-state index contributed by atoms with van der Waals surface area (Å²) in [6.45, 7) is 0.198. The van der Waals surface area contributed by atoms with E-state index in [0.29, 0.717) is 5.65 Å². The van der Waals surface area contributed by atoms with Gasteiger partial charge in [-0.05, 0) is 28.8 Å². The smallest absolute Gasteiger partial charge is 0.276 e. The van der Waals surface area contributed by atoms with Crippen LogP contribution in [0.1, 0.15) is 5.56 Å². The SMILES string of the molecule is CN(Cc1ccc(-c2ccnc3[nH]c(=O)ccc23)cc1)S(N)(=O)=O.Cl. The normalized spacial score (nSPS) is 11.5. The highest BCUT2D eigenvalue weighted by Gasteiger charge is 2.12. The van der Waals surface area contributed by atoms with E-state index in [-0.39, 0.29) is 24.5 Å². The summed E-state index contributed by atoms with van der Waals surface area (Å²) in [5.74, 6) is 0. The maximum Gasteiger partial charge on any atom is 0.276 e. The lowest BCUT2D eigenvalue weighted by Crippen LogP contribution is -2.32. The molecule has 0 atom stereocenters. The number of fused-ring (bicyclic) bond motifs is 1. The summed E-state index contributed by atoms with van der Waals surface area (Å²) >= 11 is 0. The highest BCUT2D eigenvalue weighted by atomic mass is 35.5. The Balaban J connectivity index is 0.00000225. The molecule has 0 aliphatic rings. The number of nitrogens with one attached hydrogen (secondary N) is 1. The fourth-order valence-corrected chi connectivity index (χ4v) is 2.78. The van der Waals surface area contributed by atoms with E-state index in [9.17, 15) is 13.2 Å². The first kappa shape index (κ1) is 19.1. The van der Waals surface area contributed by atoms with Crippen molar-refractivity contribution in [3.05, 3.63) is 64.6 Å². The molecule has 0 radical (unpaired) electrons. The number of aromatic nitrogens is 2. The first-order valence-corrected chi connectivity index (χ1v) is 8.66. The summed E-state index contributed by atoms with van der Waals surface area (Å²) in [7, 11) is -2.28. The summed E-state index contributed by atoms with van der Waals surface area (Å²) in [4.78, 5) is 18.3. The number of benzene rings is 1. The Morgan fingerprint density at radius 1 is 1.12 bits per heavy atom. The van der Waals surface area contributed by atoms with Gasteiger partial charge in [0.2, 0.25) is 5.56 Å². The molecular formula is C16H17ClN4O3S. The van der Waals surface area contributed by atoms with Gasteiger partial charge in [-0.15, -0.1) is 12.4 Å². The van der Waals surface area contributed by atoms with Crippen molar-refractivity contribution in [1.29, 1.82) is 0 Å². The molecule has 0 saturated carbocycles. The molecule has 3 rings (SSSR count). The third-order valence-corrected chi connectivity index (χ3v) is 4.74. The summed E-state index contributed by atoms with van der Waals surface area (Å²) in [5, 5.41) is 5.92. The number of halogens is 1. The number of aromatic amines is 1. The monoisotopic (exact) mass is 380 g/mol. The van der Waals surface area contributed by atoms with E-state index in [0.717, 1.165) is 26.4 Å². The largest absolute Gasteiger partial charge is 0.307 e. The van der Waals surface area contributed by atoms with E-state index >= 15 is 0 Å². The molecule has 0 amide bonds. The van der Waals surface area contributed by atoms with Gasteiger partial charge in [0.25, 0.3) is 10.2 Å². The third kappa shape index (κ3) is 4.23. The topological polar surface area (TPSA) is 109 Å². The first-order chi connectivity index (χ1) is 11.3. The molecule has 0 bridgehead atoms. The van der Waals surface area contributed by atoms with Crippen LogP contribution in [0.3, 0.4) is 0 Å². The van der Waals surface area contributed by atoms with E-state index in [1.807, 2.05) is 30.3 Å². The van der Waals surface area contributed by atoms with Crippen LogP contribution < -0.4 is 10.7 Å². The van der Waals surface area contributed by atoms with Gasteiger partial charge in [0.1, 0.15) is 5.65 Å². The van der Waals surface area contributed by atoms with Gasteiger partial charge in [-0.3, -0.25) is 4.79 Å². The van der Waals surface area contributed by atoms with Gasteiger partial charge in [0.05, 0.1) is 0 Å². The van der Waals surface area contributed by atoms with Crippen LogP contribution in [0, 0.1) is 0 Å². The first-order valence-electron chi connectivity index (χ1n) is 7.16. The van der Waals surface area contributed by atoms with Gasteiger partial charge in [-0.2, -0.15) is 12.7 Å². The average molecular weight is 381 g/mol. The molecule has 0 unspecified atom stereocenters. The maximum absolute atomic E-state index is 11.4. The number of pyridine rings is 2. The predicted octanol–water partition coefficient (Wildman–Crippen LogP) is 1.65. The second kappa shape index (κ2) is 7.32. The van der Waals surface area contributed by atoms with E-state index < -0.39 is 10.2 Å². The van der Waals surface area contributed by atoms with Crippen molar-refractivity contribution < 1.29 is 8.42 Å². The zero-order valence-corrected chi connectivity index (χ0v) is 15.0. The highest BCUT2D eigenvalue weighted by Crippen LogP contribution is 2.26. The average Bonchev–Trinajstić information content (AvgIpc) is 2.54. The van der Waals surface area contributed by atoms with Crippen LogP contribution in [0.5, 0.6) is 0 Å². The number of hydrogen-bond acceptors (Lipinski definition) is 4. The molecule has 0 aliphatic carbocycles. The summed E-state index contributed by atoms with van der Waals surface area (Å²) in [5.41, 5.74) is 3.02. The Morgan fingerprint density at radius 3 is 2.44 bits per heavy atom. The third-order valence-electron chi connectivity index (χ3n) is 3.74. The summed E-state index contributed by atoms with van der Waals surface area (Å²) in [6, 6.07) is 12.5. The molecule has 0 aliphatic heterocycles. The molecular weight excluding hydrogens is 364 g/mol. The molecule has 0 saturated heterocycles. The molecule has 25 heavy (non-hydrogen) atoms. The molecule has 132 valence electrons. The minimum Gasteiger partial charge on any atom is -0.307 e. The van der Waals surface area contributed by atoms with E-state index in [1.165, 1.54) is 13.1 Å². The molecule has 0 spiro atoms. The van der Waals surface area contributed by atoms with Crippen molar-refractivity contribution in [3.8, 4) is 11.1 Å². The molecule has 3 N–H and O–H groups in total. The van der Waals surface area contributed by atoms with Crippen molar-refractivity contribution in [2.75, 3.05) is 7.05 Å². The lowest BCUT2D eigenvalue weighted by atomic mass is 10.0. The lowest BCUT2D eigenvalue weighted by Gasteiger charge is -2.14. The number of H-pyrrole nitrogens is 1. The molecule has 2 heterocycles. The second-order valence-corrected chi connectivity index (χ2v) is 7.09.